The van der Waals surface area contributed by atoms with Crippen LogP contribution in [0, 0.1) is 0 Å². The molecule has 0 fully saturated rings. The van der Waals surface area contributed by atoms with Crippen molar-refractivity contribution in [2.45, 2.75) is 46.5 Å². The van der Waals surface area contributed by atoms with Gasteiger partial charge in [-0.2, -0.15) is 0 Å². The third-order valence-corrected chi connectivity index (χ3v) is 4.72. The van der Waals surface area contributed by atoms with Gasteiger partial charge in [-0.15, -0.1) is 0 Å². The number of unbranched alkanes of at least 4 members (excludes halogenated alkanes) is 1. The molecule has 31 heavy (non-hydrogen) atoms. The molecule has 0 saturated carbocycles. The van der Waals surface area contributed by atoms with E-state index in [0.717, 1.165) is 50.2 Å². The molecule has 168 valence electrons. The zero-order valence-corrected chi connectivity index (χ0v) is 18.9. The molecular formula is C25H35N3O3. The standard InChI is InChI=1S/C25H35N3O3/c1-4-7-16-31-23-13-9-11-21(18-23)26-19-24(29)27-22-12-8-10-20(17-22)25(30)28(14-5-2)15-6-3/h8-13,17-18,26H,4-7,14-16,19H2,1-3H3,(H,27,29). The molecule has 6 nitrogen and oxygen atoms in total. The van der Waals surface area contributed by atoms with E-state index in [2.05, 4.69) is 31.4 Å². The molecule has 2 aromatic rings. The van der Waals surface area contributed by atoms with Gasteiger partial charge in [0.1, 0.15) is 5.75 Å². The zero-order chi connectivity index (χ0) is 22.5. The first-order chi connectivity index (χ1) is 15.1. The van der Waals surface area contributed by atoms with Gasteiger partial charge in [-0.3, -0.25) is 9.59 Å². The molecule has 0 atom stereocenters. The minimum absolute atomic E-state index is 0.00203. The average molecular weight is 426 g/mol. The molecule has 6 heteroatoms. The summed E-state index contributed by atoms with van der Waals surface area (Å²) in [5.74, 6) is 0.604. The highest BCUT2D eigenvalue weighted by atomic mass is 16.5. The number of benzene rings is 2. The summed E-state index contributed by atoms with van der Waals surface area (Å²) in [7, 11) is 0. The number of ether oxygens (including phenoxy) is 1. The van der Waals surface area contributed by atoms with E-state index >= 15 is 0 Å². The van der Waals surface area contributed by atoms with Crippen LogP contribution in [0.3, 0.4) is 0 Å². The SMILES string of the molecule is CCCCOc1cccc(NCC(=O)Nc2cccc(C(=O)N(CCC)CCC)c2)c1. The smallest absolute Gasteiger partial charge is 0.253 e. The van der Waals surface area contributed by atoms with E-state index in [4.69, 9.17) is 4.74 Å². The summed E-state index contributed by atoms with van der Waals surface area (Å²) in [5.41, 5.74) is 2.02. The van der Waals surface area contributed by atoms with E-state index in [1.54, 1.807) is 24.3 Å². The second kappa shape index (κ2) is 13.3. The van der Waals surface area contributed by atoms with Crippen molar-refractivity contribution in [2.75, 3.05) is 36.9 Å². The summed E-state index contributed by atoms with van der Waals surface area (Å²) in [6.45, 7) is 8.51. The molecule has 0 aromatic heterocycles. The maximum absolute atomic E-state index is 12.8. The van der Waals surface area contributed by atoms with E-state index in [1.165, 1.54) is 0 Å². The lowest BCUT2D eigenvalue weighted by Crippen LogP contribution is -2.32. The van der Waals surface area contributed by atoms with Crippen LogP contribution in [0.5, 0.6) is 5.75 Å². The molecular weight excluding hydrogens is 390 g/mol. The number of hydrogen-bond acceptors (Lipinski definition) is 4. The third kappa shape index (κ3) is 8.32. The monoisotopic (exact) mass is 425 g/mol. The quantitative estimate of drug-likeness (QED) is 0.434. The predicted molar refractivity (Wildman–Crippen MR) is 127 cm³/mol. The Morgan fingerprint density at radius 3 is 2.32 bits per heavy atom. The van der Waals surface area contributed by atoms with Gasteiger partial charge < -0.3 is 20.3 Å². The maximum Gasteiger partial charge on any atom is 0.253 e. The molecule has 0 heterocycles. The van der Waals surface area contributed by atoms with Crippen LogP contribution in [-0.4, -0.2) is 43.0 Å². The molecule has 2 N–H and O–H groups in total. The van der Waals surface area contributed by atoms with Crippen LogP contribution in [0.25, 0.3) is 0 Å². The Morgan fingerprint density at radius 2 is 1.61 bits per heavy atom. The molecule has 0 aliphatic heterocycles. The van der Waals surface area contributed by atoms with Crippen LogP contribution < -0.4 is 15.4 Å². The average Bonchev–Trinajstić information content (AvgIpc) is 2.78. The van der Waals surface area contributed by atoms with Gasteiger partial charge in [0, 0.05) is 36.1 Å². The fraction of sp³-hybridized carbons (Fsp3) is 0.440. The Bertz CT molecular complexity index is 832. The number of carbonyl (C=O) groups is 2. The van der Waals surface area contributed by atoms with Crippen LogP contribution in [0.4, 0.5) is 11.4 Å². The van der Waals surface area contributed by atoms with Crippen LogP contribution in [0.1, 0.15) is 56.8 Å². The first-order valence-corrected chi connectivity index (χ1v) is 11.2. The van der Waals surface area contributed by atoms with Gasteiger partial charge >= 0.3 is 0 Å². The lowest BCUT2D eigenvalue weighted by atomic mass is 10.1. The summed E-state index contributed by atoms with van der Waals surface area (Å²) >= 11 is 0. The molecule has 0 spiro atoms. The molecule has 2 rings (SSSR count). The van der Waals surface area contributed by atoms with E-state index in [-0.39, 0.29) is 18.4 Å². The second-order valence-electron chi connectivity index (χ2n) is 7.50. The van der Waals surface area contributed by atoms with E-state index < -0.39 is 0 Å². The molecule has 0 aliphatic rings. The van der Waals surface area contributed by atoms with Crippen molar-refractivity contribution in [3.63, 3.8) is 0 Å². The summed E-state index contributed by atoms with van der Waals surface area (Å²) in [5, 5.41) is 5.98. The van der Waals surface area contributed by atoms with Gasteiger partial charge in [0.15, 0.2) is 0 Å². The highest BCUT2D eigenvalue weighted by molar-refractivity contribution is 5.98. The lowest BCUT2D eigenvalue weighted by molar-refractivity contribution is -0.114. The van der Waals surface area contributed by atoms with Gasteiger partial charge in [0.05, 0.1) is 13.2 Å². The first-order valence-electron chi connectivity index (χ1n) is 11.2. The fourth-order valence-electron chi connectivity index (χ4n) is 3.19. The highest BCUT2D eigenvalue weighted by Gasteiger charge is 2.15. The van der Waals surface area contributed by atoms with Crippen molar-refractivity contribution >= 4 is 23.2 Å². The minimum atomic E-state index is -0.180. The van der Waals surface area contributed by atoms with E-state index in [1.807, 2.05) is 29.2 Å². The summed E-state index contributed by atoms with van der Waals surface area (Å²) in [6, 6.07) is 14.7. The van der Waals surface area contributed by atoms with Gasteiger partial charge in [-0.05, 0) is 49.6 Å². The highest BCUT2D eigenvalue weighted by Crippen LogP contribution is 2.18. The van der Waals surface area contributed by atoms with Crippen LogP contribution >= 0.6 is 0 Å². The van der Waals surface area contributed by atoms with Crippen molar-refractivity contribution in [3.8, 4) is 5.75 Å². The summed E-state index contributed by atoms with van der Waals surface area (Å²) in [4.78, 5) is 27.0. The van der Waals surface area contributed by atoms with Crippen molar-refractivity contribution in [1.29, 1.82) is 0 Å². The molecule has 0 saturated heterocycles. The van der Waals surface area contributed by atoms with Gasteiger partial charge in [0.2, 0.25) is 5.91 Å². The van der Waals surface area contributed by atoms with Crippen molar-refractivity contribution in [3.05, 3.63) is 54.1 Å². The summed E-state index contributed by atoms with van der Waals surface area (Å²) < 4.78 is 5.70. The third-order valence-electron chi connectivity index (χ3n) is 4.72. The largest absolute Gasteiger partial charge is 0.494 e. The molecule has 2 amide bonds. The van der Waals surface area contributed by atoms with Crippen molar-refractivity contribution in [1.82, 2.24) is 4.90 Å². The Morgan fingerprint density at radius 1 is 0.903 bits per heavy atom. The minimum Gasteiger partial charge on any atom is -0.494 e. The molecule has 0 unspecified atom stereocenters. The lowest BCUT2D eigenvalue weighted by Gasteiger charge is -2.21. The maximum atomic E-state index is 12.8. The zero-order valence-electron chi connectivity index (χ0n) is 18.9. The fourth-order valence-corrected chi connectivity index (χ4v) is 3.19. The van der Waals surface area contributed by atoms with Crippen LogP contribution in [0.15, 0.2) is 48.5 Å². The number of carbonyl (C=O) groups excluding carboxylic acids is 2. The molecule has 0 aliphatic carbocycles. The Kier molecular flexibility index (Phi) is 10.4. The number of rotatable bonds is 13. The van der Waals surface area contributed by atoms with Crippen molar-refractivity contribution < 1.29 is 14.3 Å². The van der Waals surface area contributed by atoms with Crippen LogP contribution in [0.2, 0.25) is 0 Å². The van der Waals surface area contributed by atoms with E-state index in [9.17, 15) is 9.59 Å². The predicted octanol–water partition coefficient (Wildman–Crippen LogP) is 5.18. The molecule has 0 bridgehead atoms. The Labute approximate surface area is 186 Å². The number of hydrogen-bond donors (Lipinski definition) is 2. The number of anilines is 2. The molecule has 2 aromatic carbocycles. The van der Waals surface area contributed by atoms with Gasteiger partial charge in [0.25, 0.3) is 5.91 Å². The van der Waals surface area contributed by atoms with Crippen molar-refractivity contribution in [2.24, 2.45) is 0 Å². The first kappa shape index (κ1) is 24.3. The van der Waals surface area contributed by atoms with Crippen LogP contribution in [-0.2, 0) is 4.79 Å². The Balaban J connectivity index is 1.92. The number of amides is 2. The Hall–Kier alpha value is -3.02. The summed E-state index contributed by atoms with van der Waals surface area (Å²) in [6.07, 6.45) is 3.92. The second-order valence-corrected chi connectivity index (χ2v) is 7.50. The van der Waals surface area contributed by atoms with Gasteiger partial charge in [-0.25, -0.2) is 0 Å². The normalized spacial score (nSPS) is 10.4. The molecule has 0 radical (unpaired) electrons. The topological polar surface area (TPSA) is 70.7 Å². The number of nitrogens with zero attached hydrogens (tertiary/aromatic N) is 1. The number of nitrogens with one attached hydrogen (secondary N) is 2. The van der Waals surface area contributed by atoms with Gasteiger partial charge in [-0.1, -0.05) is 39.3 Å². The van der Waals surface area contributed by atoms with E-state index in [0.29, 0.717) is 17.9 Å².